The van der Waals surface area contributed by atoms with E-state index in [4.69, 9.17) is 16.3 Å². The summed E-state index contributed by atoms with van der Waals surface area (Å²) in [7, 11) is -2.63. The molecule has 200 valence electrons. The summed E-state index contributed by atoms with van der Waals surface area (Å²) in [5, 5.41) is 5.18. The molecule has 4 aromatic carbocycles. The maximum atomic E-state index is 13.6. The molecular formula is C30H28ClN3O4S. The van der Waals surface area contributed by atoms with E-state index in [9.17, 15) is 13.2 Å². The molecule has 0 aliphatic heterocycles. The Balaban J connectivity index is 1.46. The van der Waals surface area contributed by atoms with E-state index in [-0.39, 0.29) is 16.3 Å². The number of fused-ring (bicyclic) bond motifs is 3. The van der Waals surface area contributed by atoms with Crippen LogP contribution in [-0.2, 0) is 27.8 Å². The Labute approximate surface area is 232 Å². The molecule has 1 atom stereocenters. The quantitative estimate of drug-likeness (QED) is 0.231. The van der Waals surface area contributed by atoms with Crippen molar-refractivity contribution >= 4 is 55.0 Å². The van der Waals surface area contributed by atoms with Crippen molar-refractivity contribution in [2.24, 2.45) is 0 Å². The van der Waals surface area contributed by atoms with Gasteiger partial charge in [-0.3, -0.25) is 4.79 Å². The van der Waals surface area contributed by atoms with Crippen molar-refractivity contribution in [3.8, 4) is 5.75 Å². The number of para-hydroxylation sites is 1. The van der Waals surface area contributed by atoms with Gasteiger partial charge in [-0.25, -0.2) is 8.42 Å². The van der Waals surface area contributed by atoms with E-state index < -0.39 is 22.0 Å². The van der Waals surface area contributed by atoms with Gasteiger partial charge in [-0.05, 0) is 61.4 Å². The molecule has 0 aliphatic rings. The second kappa shape index (κ2) is 11.1. The number of halogens is 1. The van der Waals surface area contributed by atoms with E-state index in [1.54, 1.807) is 0 Å². The van der Waals surface area contributed by atoms with Gasteiger partial charge in [0.2, 0.25) is 15.9 Å². The molecule has 1 aromatic heterocycles. The number of ether oxygens (including phenoxy) is 1. The highest BCUT2D eigenvalue weighted by Gasteiger charge is 2.27. The third-order valence-corrected chi connectivity index (χ3v) is 8.45. The summed E-state index contributed by atoms with van der Waals surface area (Å²) in [6.45, 7) is 2.91. The Morgan fingerprint density at radius 3 is 2.36 bits per heavy atom. The number of aromatic nitrogens is 1. The van der Waals surface area contributed by atoms with Crippen LogP contribution >= 0.6 is 11.6 Å². The van der Waals surface area contributed by atoms with Gasteiger partial charge in [-0.2, -0.15) is 4.72 Å². The standard InChI is InChI=1S/C30H28ClN3O4S/c1-3-34-27-12-8-7-11-23(27)24-18-21(13-15-28(24)34)32-30(35)26(17-20-9-5-4-6-10-20)33-39(36,37)22-14-16-29(38-2)25(31)19-22/h4-16,18-19,26,33H,3,17H2,1-2H3,(H,32,35)/t26-/m1/s1. The molecule has 2 N–H and O–H groups in total. The molecule has 0 spiro atoms. The third-order valence-electron chi connectivity index (χ3n) is 6.69. The monoisotopic (exact) mass is 561 g/mol. The van der Waals surface area contributed by atoms with Crippen molar-refractivity contribution in [2.75, 3.05) is 12.4 Å². The molecule has 1 amide bonds. The third kappa shape index (κ3) is 5.49. The minimum Gasteiger partial charge on any atom is -0.495 e. The molecule has 5 aromatic rings. The Bertz CT molecular complexity index is 1770. The highest BCUT2D eigenvalue weighted by atomic mass is 35.5. The Morgan fingerprint density at radius 2 is 1.64 bits per heavy atom. The number of carbonyl (C=O) groups is 1. The van der Waals surface area contributed by atoms with Crippen LogP contribution in [0.15, 0.2) is 95.9 Å². The summed E-state index contributed by atoms with van der Waals surface area (Å²) < 4.78 is 36.5. The average Bonchev–Trinajstić information content (AvgIpc) is 3.26. The lowest BCUT2D eigenvalue weighted by Gasteiger charge is -2.19. The second-order valence-electron chi connectivity index (χ2n) is 9.14. The van der Waals surface area contributed by atoms with Crippen LogP contribution in [0.3, 0.4) is 0 Å². The van der Waals surface area contributed by atoms with Gasteiger partial charge in [-0.15, -0.1) is 0 Å². The number of nitrogens with one attached hydrogen (secondary N) is 2. The topological polar surface area (TPSA) is 89.4 Å². The molecule has 5 rings (SSSR count). The predicted octanol–water partition coefficient (Wildman–Crippen LogP) is 6.00. The van der Waals surface area contributed by atoms with E-state index in [1.807, 2.05) is 60.7 Å². The fourth-order valence-corrected chi connectivity index (χ4v) is 6.35. The van der Waals surface area contributed by atoms with E-state index in [2.05, 4.69) is 33.7 Å². The number of hydrogen-bond donors (Lipinski definition) is 2. The summed E-state index contributed by atoms with van der Waals surface area (Å²) in [6, 6.07) is 26.2. The minimum absolute atomic E-state index is 0.0621. The van der Waals surface area contributed by atoms with Crippen LogP contribution in [0.25, 0.3) is 21.8 Å². The van der Waals surface area contributed by atoms with Crippen molar-refractivity contribution in [3.63, 3.8) is 0 Å². The summed E-state index contributed by atoms with van der Waals surface area (Å²) in [5.74, 6) is -0.116. The molecule has 0 unspecified atom stereocenters. The van der Waals surface area contributed by atoms with Crippen molar-refractivity contribution < 1.29 is 17.9 Å². The number of hydrogen-bond acceptors (Lipinski definition) is 4. The molecule has 39 heavy (non-hydrogen) atoms. The molecule has 0 bridgehead atoms. The number of amides is 1. The van der Waals surface area contributed by atoms with Crippen molar-refractivity contribution in [2.45, 2.75) is 30.8 Å². The minimum atomic E-state index is -4.08. The van der Waals surface area contributed by atoms with Crippen molar-refractivity contribution in [1.82, 2.24) is 9.29 Å². The van der Waals surface area contributed by atoms with E-state index in [1.165, 1.54) is 25.3 Å². The first-order valence-corrected chi connectivity index (χ1v) is 14.4. The van der Waals surface area contributed by atoms with Gasteiger partial charge in [-0.1, -0.05) is 60.1 Å². The maximum Gasteiger partial charge on any atom is 0.242 e. The average molecular weight is 562 g/mol. The first-order valence-electron chi connectivity index (χ1n) is 12.5. The Kier molecular flexibility index (Phi) is 7.61. The molecule has 0 saturated carbocycles. The molecule has 0 fully saturated rings. The van der Waals surface area contributed by atoms with E-state index in [0.717, 1.165) is 33.9 Å². The van der Waals surface area contributed by atoms with Gasteiger partial charge in [0.15, 0.2) is 0 Å². The van der Waals surface area contributed by atoms with Gasteiger partial charge in [0.25, 0.3) is 0 Å². The van der Waals surface area contributed by atoms with Crippen LogP contribution in [0.5, 0.6) is 5.75 Å². The van der Waals surface area contributed by atoms with Crippen LogP contribution in [0.2, 0.25) is 5.02 Å². The van der Waals surface area contributed by atoms with Crippen LogP contribution in [-0.4, -0.2) is 32.0 Å². The first kappa shape index (κ1) is 26.7. The van der Waals surface area contributed by atoms with Crippen LogP contribution in [0, 0.1) is 0 Å². The van der Waals surface area contributed by atoms with Gasteiger partial charge < -0.3 is 14.6 Å². The number of nitrogens with zero attached hydrogens (tertiary/aromatic N) is 1. The molecule has 0 radical (unpaired) electrons. The number of methoxy groups -OCH3 is 1. The smallest absolute Gasteiger partial charge is 0.242 e. The van der Waals surface area contributed by atoms with Gasteiger partial charge in [0, 0.05) is 34.0 Å². The lowest BCUT2D eigenvalue weighted by atomic mass is 10.1. The molecule has 1 heterocycles. The normalized spacial score (nSPS) is 12.5. The summed E-state index contributed by atoms with van der Waals surface area (Å²) in [4.78, 5) is 13.5. The lowest BCUT2D eigenvalue weighted by molar-refractivity contribution is -0.117. The van der Waals surface area contributed by atoms with E-state index >= 15 is 0 Å². The van der Waals surface area contributed by atoms with Crippen LogP contribution < -0.4 is 14.8 Å². The SMILES string of the molecule is CCn1c2ccccc2c2cc(NC(=O)[C@@H](Cc3ccccc3)NS(=O)(=O)c3ccc(OC)c(Cl)c3)ccc21. The van der Waals surface area contributed by atoms with Gasteiger partial charge >= 0.3 is 0 Å². The zero-order chi connectivity index (χ0) is 27.6. The summed E-state index contributed by atoms with van der Waals surface area (Å²) in [6.07, 6.45) is 0.160. The maximum absolute atomic E-state index is 13.6. The van der Waals surface area contributed by atoms with Crippen molar-refractivity contribution in [3.05, 3.63) is 102 Å². The summed E-state index contributed by atoms with van der Waals surface area (Å²) >= 11 is 6.17. The lowest BCUT2D eigenvalue weighted by Crippen LogP contribution is -2.45. The Hall–Kier alpha value is -3.85. The van der Waals surface area contributed by atoms with Crippen LogP contribution in [0.4, 0.5) is 5.69 Å². The molecule has 9 heteroatoms. The highest BCUT2D eigenvalue weighted by molar-refractivity contribution is 7.89. The first-order chi connectivity index (χ1) is 18.8. The largest absolute Gasteiger partial charge is 0.495 e. The molecule has 0 saturated heterocycles. The fourth-order valence-electron chi connectivity index (χ4n) is 4.81. The zero-order valence-electron chi connectivity index (χ0n) is 21.5. The second-order valence-corrected chi connectivity index (χ2v) is 11.3. The number of anilines is 1. The number of carbonyl (C=O) groups excluding carboxylic acids is 1. The van der Waals surface area contributed by atoms with Gasteiger partial charge in [0.1, 0.15) is 11.8 Å². The predicted molar refractivity (Wildman–Crippen MR) is 156 cm³/mol. The number of sulfonamides is 1. The van der Waals surface area contributed by atoms with Gasteiger partial charge in [0.05, 0.1) is 17.0 Å². The highest BCUT2D eigenvalue weighted by Crippen LogP contribution is 2.31. The van der Waals surface area contributed by atoms with Crippen molar-refractivity contribution in [1.29, 1.82) is 0 Å². The Morgan fingerprint density at radius 1 is 0.923 bits per heavy atom. The molecule has 0 aliphatic carbocycles. The zero-order valence-corrected chi connectivity index (χ0v) is 23.1. The number of benzene rings is 4. The van der Waals surface area contributed by atoms with E-state index in [0.29, 0.717) is 11.4 Å². The molecular weight excluding hydrogens is 534 g/mol. The number of rotatable bonds is 9. The molecule has 7 nitrogen and oxygen atoms in total. The fraction of sp³-hybridized carbons (Fsp3) is 0.167. The summed E-state index contributed by atoms with van der Waals surface area (Å²) in [5.41, 5.74) is 3.58. The number of aryl methyl sites for hydroxylation is 1. The van der Waals surface area contributed by atoms with Crippen LogP contribution in [0.1, 0.15) is 12.5 Å².